The van der Waals surface area contributed by atoms with Gasteiger partial charge in [-0.1, -0.05) is 12.2 Å². The van der Waals surface area contributed by atoms with Crippen LogP contribution in [0.1, 0.15) is 13.3 Å². The van der Waals surface area contributed by atoms with Crippen LogP contribution in [0.2, 0.25) is 0 Å². The van der Waals surface area contributed by atoms with E-state index in [9.17, 15) is 4.79 Å². The van der Waals surface area contributed by atoms with E-state index in [1.54, 1.807) is 0 Å². The van der Waals surface area contributed by atoms with Gasteiger partial charge in [-0.05, 0) is 0 Å². The maximum Gasteiger partial charge on any atom is 0.302 e. The normalized spacial score (nSPS) is 24.1. The second-order valence-corrected chi connectivity index (χ2v) is 2.73. The van der Waals surface area contributed by atoms with Crippen molar-refractivity contribution in [3.8, 4) is 0 Å². The summed E-state index contributed by atoms with van der Waals surface area (Å²) in [5, 5.41) is 2.93. The summed E-state index contributed by atoms with van der Waals surface area (Å²) in [6, 6.07) is 0. The first kappa shape index (κ1) is 7.47. The van der Waals surface area contributed by atoms with Gasteiger partial charge < -0.3 is 10.1 Å². The summed E-state index contributed by atoms with van der Waals surface area (Å²) in [6.45, 7) is 2.07. The SMILES string of the molecule is CC(=O)OC1CNC(=S)C1. The van der Waals surface area contributed by atoms with Crippen molar-refractivity contribution in [3.05, 3.63) is 0 Å². The average molecular weight is 159 g/mol. The van der Waals surface area contributed by atoms with Gasteiger partial charge in [0, 0.05) is 13.3 Å². The number of rotatable bonds is 1. The lowest BCUT2D eigenvalue weighted by molar-refractivity contribution is -0.145. The summed E-state index contributed by atoms with van der Waals surface area (Å²) >= 11 is 4.85. The van der Waals surface area contributed by atoms with Crippen molar-refractivity contribution in [1.82, 2.24) is 5.32 Å². The molecule has 10 heavy (non-hydrogen) atoms. The monoisotopic (exact) mass is 159 g/mol. The van der Waals surface area contributed by atoms with Gasteiger partial charge >= 0.3 is 5.97 Å². The third-order valence-corrected chi connectivity index (χ3v) is 1.58. The number of thiocarbonyl (C=S) groups is 1. The molecule has 1 atom stereocenters. The van der Waals surface area contributed by atoms with Crippen LogP contribution >= 0.6 is 12.2 Å². The Morgan fingerprint density at radius 1 is 1.90 bits per heavy atom. The maximum atomic E-state index is 10.4. The highest BCUT2D eigenvalue weighted by atomic mass is 32.1. The van der Waals surface area contributed by atoms with Gasteiger partial charge in [-0.15, -0.1) is 0 Å². The molecule has 1 fully saturated rings. The van der Waals surface area contributed by atoms with Crippen LogP contribution in [0.4, 0.5) is 0 Å². The summed E-state index contributed by atoms with van der Waals surface area (Å²) in [5.74, 6) is -0.239. The number of esters is 1. The van der Waals surface area contributed by atoms with Gasteiger partial charge in [-0.25, -0.2) is 0 Å². The number of carbonyl (C=O) groups excluding carboxylic acids is 1. The Bertz CT molecular complexity index is 169. The highest BCUT2D eigenvalue weighted by Crippen LogP contribution is 2.05. The van der Waals surface area contributed by atoms with E-state index in [2.05, 4.69) is 5.32 Å². The molecule has 1 unspecified atom stereocenters. The second kappa shape index (κ2) is 2.96. The van der Waals surface area contributed by atoms with Crippen LogP contribution in [0.3, 0.4) is 0 Å². The standard InChI is InChI=1S/C6H9NO2S/c1-4(8)9-5-2-6(10)7-3-5/h5H,2-3H2,1H3,(H,7,10). The van der Waals surface area contributed by atoms with Gasteiger partial charge in [0.05, 0.1) is 11.5 Å². The molecule has 0 aromatic carbocycles. The van der Waals surface area contributed by atoms with E-state index in [1.165, 1.54) is 6.92 Å². The summed E-state index contributed by atoms with van der Waals surface area (Å²) in [6.07, 6.45) is 0.638. The lowest BCUT2D eigenvalue weighted by Gasteiger charge is -2.05. The first-order chi connectivity index (χ1) is 4.68. The van der Waals surface area contributed by atoms with Crippen LogP contribution in [-0.2, 0) is 9.53 Å². The quantitative estimate of drug-likeness (QED) is 0.439. The van der Waals surface area contributed by atoms with Crippen LogP contribution in [-0.4, -0.2) is 23.6 Å². The minimum Gasteiger partial charge on any atom is -0.460 e. The number of carbonyl (C=O) groups is 1. The predicted octanol–water partition coefficient (Wildman–Crippen LogP) is 0.239. The third-order valence-electron chi connectivity index (χ3n) is 1.27. The van der Waals surface area contributed by atoms with Crippen LogP contribution in [0.5, 0.6) is 0 Å². The molecule has 3 nitrogen and oxygen atoms in total. The lowest BCUT2D eigenvalue weighted by atomic mass is 10.3. The summed E-state index contributed by atoms with van der Waals surface area (Å²) < 4.78 is 4.89. The van der Waals surface area contributed by atoms with Gasteiger partial charge in [-0.3, -0.25) is 4.79 Å². The molecule has 4 heteroatoms. The molecule has 56 valence electrons. The largest absolute Gasteiger partial charge is 0.460 e. The topological polar surface area (TPSA) is 38.3 Å². The second-order valence-electron chi connectivity index (χ2n) is 2.24. The highest BCUT2D eigenvalue weighted by molar-refractivity contribution is 7.80. The van der Waals surface area contributed by atoms with E-state index in [1.807, 2.05) is 0 Å². The van der Waals surface area contributed by atoms with Crippen LogP contribution < -0.4 is 5.32 Å². The molecular weight excluding hydrogens is 150 g/mol. The first-order valence-electron chi connectivity index (χ1n) is 3.12. The first-order valence-corrected chi connectivity index (χ1v) is 3.53. The van der Waals surface area contributed by atoms with Gasteiger partial charge in [0.25, 0.3) is 0 Å². The number of hydrogen-bond donors (Lipinski definition) is 1. The van der Waals surface area contributed by atoms with Gasteiger partial charge in [0.1, 0.15) is 6.10 Å². The zero-order valence-corrected chi connectivity index (χ0v) is 6.53. The van der Waals surface area contributed by atoms with Crippen molar-refractivity contribution >= 4 is 23.2 Å². The van der Waals surface area contributed by atoms with Gasteiger partial charge in [0.15, 0.2) is 0 Å². The number of hydrogen-bond acceptors (Lipinski definition) is 3. The minimum atomic E-state index is -0.239. The van der Waals surface area contributed by atoms with E-state index in [4.69, 9.17) is 17.0 Å². The van der Waals surface area contributed by atoms with E-state index >= 15 is 0 Å². The molecule has 0 radical (unpaired) electrons. The van der Waals surface area contributed by atoms with Crippen molar-refractivity contribution in [2.45, 2.75) is 19.4 Å². The summed E-state index contributed by atoms with van der Waals surface area (Å²) in [4.78, 5) is 11.2. The molecule has 1 N–H and O–H groups in total. The Morgan fingerprint density at radius 2 is 2.60 bits per heavy atom. The Labute approximate surface area is 64.7 Å². The van der Waals surface area contributed by atoms with E-state index in [0.29, 0.717) is 13.0 Å². The predicted molar refractivity (Wildman–Crippen MR) is 40.8 cm³/mol. The molecule has 0 aliphatic carbocycles. The highest BCUT2D eigenvalue weighted by Gasteiger charge is 2.20. The van der Waals surface area contributed by atoms with E-state index in [-0.39, 0.29) is 12.1 Å². The molecule has 0 amide bonds. The molecule has 0 spiro atoms. The van der Waals surface area contributed by atoms with Gasteiger partial charge in [-0.2, -0.15) is 0 Å². The molecule has 1 aliphatic rings. The molecular formula is C6H9NO2S. The van der Waals surface area contributed by atoms with E-state index in [0.717, 1.165) is 4.99 Å². The van der Waals surface area contributed by atoms with E-state index < -0.39 is 0 Å². The fourth-order valence-electron chi connectivity index (χ4n) is 0.897. The van der Waals surface area contributed by atoms with Crippen molar-refractivity contribution < 1.29 is 9.53 Å². The Hall–Kier alpha value is -0.640. The fourth-order valence-corrected chi connectivity index (χ4v) is 1.17. The zero-order chi connectivity index (χ0) is 7.56. The Balaban J connectivity index is 2.31. The van der Waals surface area contributed by atoms with Crippen molar-refractivity contribution in [2.24, 2.45) is 0 Å². The maximum absolute atomic E-state index is 10.4. The van der Waals surface area contributed by atoms with Crippen molar-refractivity contribution in [3.63, 3.8) is 0 Å². The minimum absolute atomic E-state index is 0.0370. The van der Waals surface area contributed by atoms with Gasteiger partial charge in [0.2, 0.25) is 0 Å². The lowest BCUT2D eigenvalue weighted by Crippen LogP contribution is -2.19. The molecule has 1 aliphatic heterocycles. The molecule has 0 aromatic heterocycles. The Morgan fingerprint density at radius 3 is 3.00 bits per heavy atom. The summed E-state index contributed by atoms with van der Waals surface area (Å²) in [5.41, 5.74) is 0. The molecule has 0 aromatic rings. The number of nitrogens with one attached hydrogen (secondary N) is 1. The fraction of sp³-hybridized carbons (Fsp3) is 0.667. The number of ether oxygens (including phenoxy) is 1. The van der Waals surface area contributed by atoms with Crippen LogP contribution in [0.25, 0.3) is 0 Å². The average Bonchev–Trinajstić information content (AvgIpc) is 2.13. The van der Waals surface area contributed by atoms with Crippen LogP contribution in [0, 0.1) is 0 Å². The molecule has 1 saturated heterocycles. The van der Waals surface area contributed by atoms with Crippen molar-refractivity contribution in [1.29, 1.82) is 0 Å². The molecule has 1 heterocycles. The molecule has 0 saturated carbocycles. The smallest absolute Gasteiger partial charge is 0.302 e. The van der Waals surface area contributed by atoms with Crippen molar-refractivity contribution in [2.75, 3.05) is 6.54 Å². The summed E-state index contributed by atoms with van der Waals surface area (Å²) in [7, 11) is 0. The molecule has 0 bridgehead atoms. The molecule has 1 rings (SSSR count). The third kappa shape index (κ3) is 1.95. The Kier molecular flexibility index (Phi) is 2.21. The zero-order valence-electron chi connectivity index (χ0n) is 5.72. The van der Waals surface area contributed by atoms with Crippen LogP contribution in [0.15, 0.2) is 0 Å².